The zero-order valence-corrected chi connectivity index (χ0v) is 7.38. The monoisotopic (exact) mass is 152 g/mol. The van der Waals surface area contributed by atoms with E-state index in [0.29, 0.717) is 5.92 Å². The van der Waals surface area contributed by atoms with Crippen LogP contribution in [-0.2, 0) is 4.74 Å². The third kappa shape index (κ3) is 2.86. The molecule has 1 fully saturated rings. The molecule has 0 saturated heterocycles. The number of ether oxygens (including phenoxy) is 1. The molecule has 2 radical (unpaired) electrons. The van der Waals surface area contributed by atoms with Gasteiger partial charge < -0.3 is 4.74 Å². The average Bonchev–Trinajstić information content (AvgIpc) is 2.07. The molecule has 1 unspecified atom stereocenters. The molecular formula is C9H17BO. The Hall–Kier alpha value is 0.0249. The molecule has 2 heteroatoms. The lowest BCUT2D eigenvalue weighted by atomic mass is 9.77. The van der Waals surface area contributed by atoms with Crippen LogP contribution in [0.3, 0.4) is 0 Å². The van der Waals surface area contributed by atoms with Crippen molar-refractivity contribution in [1.29, 1.82) is 0 Å². The van der Waals surface area contributed by atoms with Crippen LogP contribution in [0.5, 0.6) is 0 Å². The van der Waals surface area contributed by atoms with Gasteiger partial charge in [-0.15, -0.1) is 0 Å². The molecule has 1 atom stereocenters. The van der Waals surface area contributed by atoms with Gasteiger partial charge in [-0.2, -0.15) is 0 Å². The summed E-state index contributed by atoms with van der Waals surface area (Å²) < 4.78 is 5.36. The van der Waals surface area contributed by atoms with E-state index in [0.717, 1.165) is 6.61 Å². The Morgan fingerprint density at radius 3 is 2.55 bits per heavy atom. The van der Waals surface area contributed by atoms with Crippen molar-refractivity contribution >= 4 is 7.85 Å². The first-order valence-electron chi connectivity index (χ1n) is 4.71. The summed E-state index contributed by atoms with van der Waals surface area (Å²) in [6.07, 6.45) is 6.59. The largest absolute Gasteiger partial charge is 0.388 e. The average molecular weight is 152 g/mol. The third-order valence-corrected chi connectivity index (χ3v) is 2.47. The highest BCUT2D eigenvalue weighted by atomic mass is 16.5. The molecule has 1 aliphatic carbocycles. The lowest BCUT2D eigenvalue weighted by Gasteiger charge is -2.27. The molecular weight excluding hydrogens is 135 g/mol. The summed E-state index contributed by atoms with van der Waals surface area (Å²) in [6.45, 7) is 2.75. The number of hydrogen-bond donors (Lipinski definition) is 0. The van der Waals surface area contributed by atoms with Crippen molar-refractivity contribution in [3.05, 3.63) is 0 Å². The molecule has 0 N–H and O–H groups in total. The van der Waals surface area contributed by atoms with E-state index in [1.54, 1.807) is 0 Å². The zero-order valence-electron chi connectivity index (χ0n) is 7.38. The molecule has 0 bridgehead atoms. The molecule has 1 aliphatic rings. The highest BCUT2D eigenvalue weighted by molar-refractivity contribution is 6.11. The Morgan fingerprint density at radius 2 is 2.00 bits per heavy atom. The molecule has 1 saturated carbocycles. The fourth-order valence-corrected chi connectivity index (χ4v) is 1.79. The molecule has 0 aromatic carbocycles. The van der Waals surface area contributed by atoms with Gasteiger partial charge in [-0.25, -0.2) is 0 Å². The normalized spacial score (nSPS) is 23.4. The van der Waals surface area contributed by atoms with Gasteiger partial charge in [-0.3, -0.25) is 0 Å². The molecule has 0 amide bonds. The molecule has 62 valence electrons. The van der Waals surface area contributed by atoms with Crippen molar-refractivity contribution in [2.45, 2.75) is 45.0 Å². The summed E-state index contributed by atoms with van der Waals surface area (Å²) in [5.74, 6) is 0.628. The second-order valence-corrected chi connectivity index (χ2v) is 3.32. The van der Waals surface area contributed by atoms with Crippen molar-refractivity contribution in [2.75, 3.05) is 6.61 Å². The standard InChI is InChI=1S/C9H17BO/c1-2-11-9(10)8-6-4-3-5-7-8/h8-9H,2-7H2,1H3. The van der Waals surface area contributed by atoms with Gasteiger partial charge in [-0.05, 0) is 25.7 Å². The molecule has 0 spiro atoms. The van der Waals surface area contributed by atoms with Crippen LogP contribution in [0.15, 0.2) is 0 Å². The van der Waals surface area contributed by atoms with Crippen molar-refractivity contribution in [1.82, 2.24) is 0 Å². The first-order valence-corrected chi connectivity index (χ1v) is 4.71. The van der Waals surface area contributed by atoms with Crippen LogP contribution < -0.4 is 0 Å². The Morgan fingerprint density at radius 1 is 1.36 bits per heavy atom. The number of hydrogen-bond acceptors (Lipinski definition) is 1. The van der Waals surface area contributed by atoms with Crippen molar-refractivity contribution in [2.24, 2.45) is 5.92 Å². The van der Waals surface area contributed by atoms with E-state index in [4.69, 9.17) is 12.6 Å². The molecule has 1 nitrogen and oxygen atoms in total. The molecule has 0 aromatic rings. The van der Waals surface area contributed by atoms with Gasteiger partial charge in [0.1, 0.15) is 7.85 Å². The van der Waals surface area contributed by atoms with Crippen molar-refractivity contribution in [3.63, 3.8) is 0 Å². The zero-order chi connectivity index (χ0) is 8.10. The quantitative estimate of drug-likeness (QED) is 0.562. The smallest absolute Gasteiger partial charge is 0.109 e. The predicted molar refractivity (Wildman–Crippen MR) is 47.7 cm³/mol. The lowest BCUT2D eigenvalue weighted by Crippen LogP contribution is -2.26. The van der Waals surface area contributed by atoms with Crippen LogP contribution in [0.2, 0.25) is 0 Å². The summed E-state index contributed by atoms with van der Waals surface area (Å²) in [7, 11) is 5.84. The highest BCUT2D eigenvalue weighted by Gasteiger charge is 2.19. The molecule has 0 aromatic heterocycles. The maximum absolute atomic E-state index is 5.84. The van der Waals surface area contributed by atoms with E-state index in [1.165, 1.54) is 32.1 Å². The van der Waals surface area contributed by atoms with E-state index in [-0.39, 0.29) is 6.00 Å². The minimum absolute atomic E-state index is 0.000278. The van der Waals surface area contributed by atoms with Crippen LogP contribution >= 0.6 is 0 Å². The van der Waals surface area contributed by atoms with Crippen LogP contribution in [0.1, 0.15) is 39.0 Å². The Kier molecular flexibility index (Phi) is 3.99. The minimum atomic E-state index is 0.000278. The van der Waals surface area contributed by atoms with E-state index in [1.807, 2.05) is 6.92 Å². The maximum atomic E-state index is 5.84. The summed E-state index contributed by atoms with van der Waals surface area (Å²) in [4.78, 5) is 0. The molecule has 11 heavy (non-hydrogen) atoms. The minimum Gasteiger partial charge on any atom is -0.388 e. The topological polar surface area (TPSA) is 9.23 Å². The van der Waals surface area contributed by atoms with Crippen LogP contribution in [0, 0.1) is 5.92 Å². The van der Waals surface area contributed by atoms with E-state index < -0.39 is 0 Å². The molecule has 0 aliphatic heterocycles. The Balaban J connectivity index is 2.21. The van der Waals surface area contributed by atoms with Gasteiger partial charge in [0.05, 0.1) is 0 Å². The van der Waals surface area contributed by atoms with Gasteiger partial charge in [0, 0.05) is 12.6 Å². The van der Waals surface area contributed by atoms with Gasteiger partial charge in [-0.1, -0.05) is 19.3 Å². The summed E-state index contributed by atoms with van der Waals surface area (Å²) in [5.41, 5.74) is 0. The highest BCUT2D eigenvalue weighted by Crippen LogP contribution is 2.26. The second kappa shape index (κ2) is 4.81. The van der Waals surface area contributed by atoms with Crippen LogP contribution in [0.25, 0.3) is 0 Å². The maximum Gasteiger partial charge on any atom is 0.109 e. The SMILES string of the molecule is [B]C(OCC)C1CCCCC1. The van der Waals surface area contributed by atoms with E-state index in [2.05, 4.69) is 0 Å². The van der Waals surface area contributed by atoms with Crippen LogP contribution in [0.4, 0.5) is 0 Å². The second-order valence-electron chi connectivity index (χ2n) is 3.32. The summed E-state index contributed by atoms with van der Waals surface area (Å²) >= 11 is 0. The van der Waals surface area contributed by atoms with Crippen molar-refractivity contribution in [3.8, 4) is 0 Å². The Bertz CT molecular complexity index is 99.7. The van der Waals surface area contributed by atoms with Gasteiger partial charge in [0.2, 0.25) is 0 Å². The summed E-state index contributed by atoms with van der Waals surface area (Å²) in [5, 5.41) is 0. The lowest BCUT2D eigenvalue weighted by molar-refractivity contribution is 0.0626. The van der Waals surface area contributed by atoms with Crippen LogP contribution in [-0.4, -0.2) is 20.5 Å². The fourth-order valence-electron chi connectivity index (χ4n) is 1.79. The van der Waals surface area contributed by atoms with Gasteiger partial charge in [0.15, 0.2) is 0 Å². The van der Waals surface area contributed by atoms with Gasteiger partial charge >= 0.3 is 0 Å². The summed E-state index contributed by atoms with van der Waals surface area (Å²) in [6, 6.07) is 0.000278. The number of rotatable bonds is 3. The van der Waals surface area contributed by atoms with Crippen molar-refractivity contribution < 1.29 is 4.74 Å². The predicted octanol–water partition coefficient (Wildman–Crippen LogP) is 2.10. The Labute approximate surface area is 70.9 Å². The first-order chi connectivity index (χ1) is 5.34. The first kappa shape index (κ1) is 9.12. The van der Waals surface area contributed by atoms with Gasteiger partial charge in [0.25, 0.3) is 0 Å². The van der Waals surface area contributed by atoms with E-state index >= 15 is 0 Å². The third-order valence-electron chi connectivity index (χ3n) is 2.47. The van der Waals surface area contributed by atoms with E-state index in [9.17, 15) is 0 Å². The fraction of sp³-hybridized carbons (Fsp3) is 1.00. The molecule has 1 rings (SSSR count). The molecule has 0 heterocycles.